The second kappa shape index (κ2) is 7.02. The molecule has 1 N–H and O–H groups in total. The van der Waals surface area contributed by atoms with Gasteiger partial charge in [-0.1, -0.05) is 47.1 Å². The molecule has 2 aromatic carbocycles. The molecule has 3 aromatic rings. The summed E-state index contributed by atoms with van der Waals surface area (Å²) in [6, 6.07) is 17.2. The molecule has 0 atom stereocenters. The van der Waals surface area contributed by atoms with Gasteiger partial charge in [0.25, 0.3) is 0 Å². The molecular formula is C17H9BrCl2N2S. The van der Waals surface area contributed by atoms with E-state index in [0.717, 1.165) is 25.7 Å². The standard InChI is InChI=1S/C17H9BrCl2N2S/c18-15-14(9-21)16(10-1-3-11(19)4-2-10)22-17(15)23-13-7-5-12(20)6-8-13/h1-8,22H. The fraction of sp³-hybridized carbons (Fsp3) is 0. The Morgan fingerprint density at radius 2 is 1.52 bits per heavy atom. The van der Waals surface area contributed by atoms with E-state index in [4.69, 9.17) is 23.2 Å². The fourth-order valence-corrected chi connectivity index (χ4v) is 3.82. The van der Waals surface area contributed by atoms with Gasteiger partial charge < -0.3 is 4.98 Å². The van der Waals surface area contributed by atoms with Crippen LogP contribution in [0.4, 0.5) is 0 Å². The SMILES string of the molecule is N#Cc1c(-c2ccc(Cl)cc2)[nH]c(Sc2ccc(Cl)cc2)c1Br. The predicted octanol–water partition coefficient (Wildman–Crippen LogP) is 6.77. The van der Waals surface area contributed by atoms with Crippen LogP contribution in [0.15, 0.2) is 62.9 Å². The van der Waals surface area contributed by atoms with E-state index in [-0.39, 0.29) is 0 Å². The number of nitrogens with zero attached hydrogens (tertiary/aromatic N) is 1. The number of halogens is 3. The van der Waals surface area contributed by atoms with Gasteiger partial charge in [-0.05, 0) is 57.9 Å². The highest BCUT2D eigenvalue weighted by Crippen LogP contribution is 2.39. The van der Waals surface area contributed by atoms with Crippen molar-refractivity contribution in [2.24, 2.45) is 0 Å². The Balaban J connectivity index is 2.01. The van der Waals surface area contributed by atoms with E-state index >= 15 is 0 Å². The average molecular weight is 424 g/mol. The Bertz CT molecular complexity index is 881. The number of nitriles is 1. The van der Waals surface area contributed by atoms with Gasteiger partial charge in [0.15, 0.2) is 0 Å². The summed E-state index contributed by atoms with van der Waals surface area (Å²) in [6.07, 6.45) is 0. The van der Waals surface area contributed by atoms with E-state index in [0.29, 0.717) is 15.6 Å². The minimum absolute atomic E-state index is 0.573. The third-order valence-corrected chi connectivity index (χ3v) is 5.76. The molecule has 0 aliphatic rings. The second-order valence-corrected chi connectivity index (χ2v) is 7.44. The number of hydrogen-bond donors (Lipinski definition) is 1. The van der Waals surface area contributed by atoms with Crippen LogP contribution in [0.5, 0.6) is 0 Å². The van der Waals surface area contributed by atoms with Crippen molar-refractivity contribution in [3.05, 3.63) is 68.6 Å². The van der Waals surface area contributed by atoms with Crippen LogP contribution in [0, 0.1) is 11.3 Å². The van der Waals surface area contributed by atoms with E-state index < -0.39 is 0 Å². The van der Waals surface area contributed by atoms with E-state index in [1.54, 1.807) is 12.1 Å². The first-order valence-electron chi connectivity index (χ1n) is 6.59. The smallest absolute Gasteiger partial charge is 0.103 e. The number of nitrogens with one attached hydrogen (secondary N) is 1. The van der Waals surface area contributed by atoms with E-state index in [9.17, 15) is 5.26 Å². The van der Waals surface area contributed by atoms with Crippen molar-refractivity contribution in [1.29, 1.82) is 5.26 Å². The Kier molecular flexibility index (Phi) is 5.03. The number of aromatic amines is 1. The van der Waals surface area contributed by atoms with Crippen LogP contribution >= 0.6 is 50.9 Å². The van der Waals surface area contributed by atoms with E-state index in [1.165, 1.54) is 11.8 Å². The second-order valence-electron chi connectivity index (χ2n) is 4.69. The monoisotopic (exact) mass is 422 g/mol. The van der Waals surface area contributed by atoms with Crippen molar-refractivity contribution < 1.29 is 0 Å². The van der Waals surface area contributed by atoms with Gasteiger partial charge >= 0.3 is 0 Å². The van der Waals surface area contributed by atoms with Gasteiger partial charge in [-0.2, -0.15) is 5.26 Å². The number of aromatic nitrogens is 1. The molecule has 2 nitrogen and oxygen atoms in total. The van der Waals surface area contributed by atoms with Crippen LogP contribution in [0.1, 0.15) is 5.56 Å². The molecule has 0 spiro atoms. The highest BCUT2D eigenvalue weighted by molar-refractivity contribution is 9.10. The lowest BCUT2D eigenvalue weighted by Crippen LogP contribution is -1.81. The lowest BCUT2D eigenvalue weighted by molar-refractivity contribution is 1.19. The lowest BCUT2D eigenvalue weighted by Gasteiger charge is -2.01. The summed E-state index contributed by atoms with van der Waals surface area (Å²) in [5, 5.41) is 11.7. The summed E-state index contributed by atoms with van der Waals surface area (Å²) < 4.78 is 0.755. The molecule has 0 aliphatic carbocycles. The zero-order valence-electron chi connectivity index (χ0n) is 11.6. The minimum Gasteiger partial charge on any atom is -0.347 e. The number of rotatable bonds is 3. The Morgan fingerprint density at radius 3 is 2.09 bits per heavy atom. The van der Waals surface area contributed by atoms with Gasteiger partial charge in [0.1, 0.15) is 6.07 Å². The normalized spacial score (nSPS) is 10.5. The maximum Gasteiger partial charge on any atom is 0.103 e. The molecule has 0 saturated carbocycles. The van der Waals surface area contributed by atoms with Gasteiger partial charge in [-0.15, -0.1) is 0 Å². The molecule has 0 fully saturated rings. The summed E-state index contributed by atoms with van der Waals surface area (Å²) in [5.74, 6) is 0. The quantitative estimate of drug-likeness (QED) is 0.504. The van der Waals surface area contributed by atoms with Crippen LogP contribution in [-0.2, 0) is 0 Å². The first-order valence-corrected chi connectivity index (χ1v) is 8.96. The van der Waals surface area contributed by atoms with E-state index in [2.05, 4.69) is 27.0 Å². The number of H-pyrrole nitrogens is 1. The number of benzene rings is 2. The van der Waals surface area contributed by atoms with Gasteiger partial charge in [-0.3, -0.25) is 0 Å². The summed E-state index contributed by atoms with van der Waals surface area (Å²) in [5.41, 5.74) is 2.26. The number of hydrogen-bond acceptors (Lipinski definition) is 2. The van der Waals surface area contributed by atoms with Crippen LogP contribution in [-0.4, -0.2) is 4.98 Å². The first kappa shape index (κ1) is 16.5. The maximum atomic E-state index is 9.48. The lowest BCUT2D eigenvalue weighted by atomic mass is 10.1. The molecule has 0 radical (unpaired) electrons. The van der Waals surface area contributed by atoms with Gasteiger partial charge in [0, 0.05) is 14.9 Å². The highest BCUT2D eigenvalue weighted by atomic mass is 79.9. The molecule has 3 rings (SSSR count). The van der Waals surface area contributed by atoms with Crippen molar-refractivity contribution in [3.8, 4) is 17.3 Å². The molecule has 0 saturated heterocycles. The van der Waals surface area contributed by atoms with Crippen LogP contribution in [0.3, 0.4) is 0 Å². The van der Waals surface area contributed by atoms with Crippen LogP contribution in [0.2, 0.25) is 10.0 Å². The highest BCUT2D eigenvalue weighted by Gasteiger charge is 2.17. The molecular weight excluding hydrogens is 415 g/mol. The predicted molar refractivity (Wildman–Crippen MR) is 99.2 cm³/mol. The van der Waals surface area contributed by atoms with Crippen molar-refractivity contribution in [2.45, 2.75) is 9.92 Å². The molecule has 0 aliphatic heterocycles. The van der Waals surface area contributed by atoms with Crippen molar-refractivity contribution in [1.82, 2.24) is 4.98 Å². The molecule has 23 heavy (non-hydrogen) atoms. The largest absolute Gasteiger partial charge is 0.347 e. The topological polar surface area (TPSA) is 39.6 Å². The zero-order chi connectivity index (χ0) is 16.4. The molecule has 0 bridgehead atoms. The maximum absolute atomic E-state index is 9.48. The van der Waals surface area contributed by atoms with Crippen molar-refractivity contribution in [2.75, 3.05) is 0 Å². The summed E-state index contributed by atoms with van der Waals surface area (Å²) >= 11 is 16.9. The Hall–Kier alpha value is -1.38. The third kappa shape index (κ3) is 3.59. The van der Waals surface area contributed by atoms with Crippen LogP contribution in [0.25, 0.3) is 11.3 Å². The molecule has 0 unspecified atom stereocenters. The van der Waals surface area contributed by atoms with E-state index in [1.807, 2.05) is 36.4 Å². The first-order chi connectivity index (χ1) is 11.1. The molecule has 1 aromatic heterocycles. The Morgan fingerprint density at radius 1 is 0.957 bits per heavy atom. The summed E-state index contributed by atoms with van der Waals surface area (Å²) in [6.45, 7) is 0. The van der Waals surface area contributed by atoms with Gasteiger partial charge in [0.05, 0.1) is 20.8 Å². The van der Waals surface area contributed by atoms with Gasteiger partial charge in [0.2, 0.25) is 0 Å². The Labute approximate surface area is 156 Å². The zero-order valence-corrected chi connectivity index (χ0v) is 15.5. The van der Waals surface area contributed by atoms with Crippen molar-refractivity contribution in [3.63, 3.8) is 0 Å². The summed E-state index contributed by atoms with van der Waals surface area (Å²) in [4.78, 5) is 4.35. The molecule has 1 heterocycles. The third-order valence-electron chi connectivity index (χ3n) is 3.19. The molecule has 0 amide bonds. The van der Waals surface area contributed by atoms with Crippen LogP contribution < -0.4 is 0 Å². The molecule has 6 heteroatoms. The summed E-state index contributed by atoms with van der Waals surface area (Å²) in [7, 11) is 0. The van der Waals surface area contributed by atoms with Crippen molar-refractivity contribution >= 4 is 50.9 Å². The minimum atomic E-state index is 0.573. The van der Waals surface area contributed by atoms with Gasteiger partial charge in [-0.25, -0.2) is 0 Å². The molecule has 114 valence electrons. The average Bonchev–Trinajstić information content (AvgIpc) is 2.86. The fourth-order valence-electron chi connectivity index (χ4n) is 2.08.